The number of nitrogens with zero attached hydrogens (tertiary/aromatic N) is 4. The summed E-state index contributed by atoms with van der Waals surface area (Å²) in [5.41, 5.74) is 16.7. The average molecular weight is 761 g/mol. The van der Waals surface area contributed by atoms with E-state index in [2.05, 4.69) is 167 Å². The Hall–Kier alpha value is -6.65. The highest BCUT2D eigenvalue weighted by Crippen LogP contribution is 2.65. The van der Waals surface area contributed by atoms with Crippen molar-refractivity contribution in [2.24, 2.45) is 5.41 Å². The van der Waals surface area contributed by atoms with E-state index in [9.17, 15) is 0 Å². The number of hydrogen-bond donors (Lipinski definition) is 0. The van der Waals surface area contributed by atoms with Crippen molar-refractivity contribution in [2.75, 3.05) is 0 Å². The highest BCUT2D eigenvalue weighted by atomic mass is 15.2. The van der Waals surface area contributed by atoms with Gasteiger partial charge in [-0.2, -0.15) is 9.97 Å². The number of hydrogen-bond acceptors (Lipinski definition) is 3. The minimum Gasteiger partial charge on any atom is -0.278 e. The highest BCUT2D eigenvalue weighted by Gasteiger charge is 2.57. The Morgan fingerprint density at radius 2 is 0.780 bits per heavy atom. The van der Waals surface area contributed by atoms with Crippen molar-refractivity contribution < 1.29 is 0 Å². The quantitative estimate of drug-likeness (QED) is 0.180. The lowest BCUT2D eigenvalue weighted by atomic mass is 9.59. The van der Waals surface area contributed by atoms with Gasteiger partial charge in [-0.1, -0.05) is 175 Å². The fraction of sp³-hybridized carbons (Fsp3) is 0.182. The molecule has 9 aromatic rings. The summed E-state index contributed by atoms with van der Waals surface area (Å²) in [5.74, 6) is 1.91. The molecule has 4 nitrogen and oxygen atoms in total. The normalized spacial score (nSPS) is 16.8. The number of fused-ring (bicyclic) bond motifs is 14. The molecule has 0 saturated heterocycles. The number of rotatable bonds is 3. The largest absolute Gasteiger partial charge is 0.278 e. The van der Waals surface area contributed by atoms with Crippen LogP contribution in [0.4, 0.5) is 0 Å². The Balaban J connectivity index is 1.25. The Morgan fingerprint density at radius 1 is 0.373 bits per heavy atom. The third-order valence-corrected chi connectivity index (χ3v) is 15.4. The van der Waals surface area contributed by atoms with Crippen molar-refractivity contribution in [3.05, 3.63) is 191 Å². The summed E-state index contributed by atoms with van der Waals surface area (Å²) >= 11 is 0. The maximum Gasteiger partial charge on any atom is 0.238 e. The smallest absolute Gasteiger partial charge is 0.238 e. The van der Waals surface area contributed by atoms with Crippen LogP contribution in [0.15, 0.2) is 158 Å². The molecule has 0 fully saturated rings. The maximum absolute atomic E-state index is 5.39. The Labute approximate surface area is 345 Å². The van der Waals surface area contributed by atoms with Crippen LogP contribution >= 0.6 is 0 Å². The molecule has 2 heterocycles. The molecule has 59 heavy (non-hydrogen) atoms. The summed E-state index contributed by atoms with van der Waals surface area (Å²) in [6.45, 7) is 14.6. The fourth-order valence-electron chi connectivity index (χ4n) is 11.2. The van der Waals surface area contributed by atoms with Gasteiger partial charge >= 0.3 is 0 Å². The van der Waals surface area contributed by atoms with Crippen LogP contribution in [-0.2, 0) is 16.2 Å². The van der Waals surface area contributed by atoms with Crippen LogP contribution in [0, 0.1) is 5.41 Å². The lowest BCUT2D eigenvalue weighted by molar-refractivity contribution is 0.125. The summed E-state index contributed by atoms with van der Waals surface area (Å²) in [7, 11) is 0. The van der Waals surface area contributed by atoms with Crippen LogP contribution in [0.2, 0.25) is 0 Å². The van der Waals surface area contributed by atoms with Gasteiger partial charge in [0.25, 0.3) is 0 Å². The molecule has 0 aliphatic heterocycles. The molecule has 4 heteroatoms. The molecule has 0 unspecified atom stereocenters. The summed E-state index contributed by atoms with van der Waals surface area (Å²) in [6.07, 6.45) is 0. The van der Waals surface area contributed by atoms with E-state index < -0.39 is 5.41 Å². The van der Waals surface area contributed by atoms with Crippen molar-refractivity contribution in [3.63, 3.8) is 0 Å². The van der Waals surface area contributed by atoms with Crippen LogP contribution in [0.5, 0.6) is 0 Å². The molecule has 3 aliphatic carbocycles. The van der Waals surface area contributed by atoms with Gasteiger partial charge in [-0.05, 0) is 96.1 Å². The molecule has 284 valence electrons. The molecule has 2 aromatic heterocycles. The number of aromatic nitrogens is 4. The van der Waals surface area contributed by atoms with E-state index >= 15 is 0 Å². The SMILES string of the molecule is CC1(C)c2cc3c4cc5c(cc4n(-c4nc(-c6ccccc6)nc(-c6ccccc6)n4)c3cc2C(C)(C)C1(C)C)C1(c2ccccc2-c2ccccc21)c1ccccc1-5. The third-order valence-electron chi connectivity index (χ3n) is 15.4. The van der Waals surface area contributed by atoms with Gasteiger partial charge < -0.3 is 0 Å². The molecular formula is C55H44N4. The number of benzene rings is 7. The van der Waals surface area contributed by atoms with Gasteiger partial charge in [0, 0.05) is 21.9 Å². The standard InChI is InChI=1S/C55H44N4/c1-52(2)45-30-40-39-29-38-37-25-15-18-28-43(37)55(41-26-16-13-23-35(41)36-24-14-17-27-42(36)55)44(38)31-47(39)59(48(40)32-46(45)53(3,4)54(52,5)6)51-57-49(33-19-9-7-10-20-33)56-50(58-51)34-21-11-8-12-22-34/h7-32H,1-6H3. The molecule has 3 aliphatic rings. The Bertz CT molecular complexity index is 3140. The third kappa shape index (κ3) is 4.21. The predicted octanol–water partition coefficient (Wildman–Crippen LogP) is 13.2. The van der Waals surface area contributed by atoms with Gasteiger partial charge in [-0.15, -0.1) is 0 Å². The summed E-state index contributed by atoms with van der Waals surface area (Å²) in [6, 6.07) is 57.7. The second-order valence-corrected chi connectivity index (χ2v) is 18.4. The highest BCUT2D eigenvalue weighted by molar-refractivity contribution is 6.13. The zero-order valence-electron chi connectivity index (χ0n) is 34.3. The van der Waals surface area contributed by atoms with E-state index in [0.29, 0.717) is 17.6 Å². The van der Waals surface area contributed by atoms with Crippen molar-refractivity contribution in [1.82, 2.24) is 19.5 Å². The summed E-state index contributed by atoms with van der Waals surface area (Å²) in [4.78, 5) is 15.9. The summed E-state index contributed by atoms with van der Waals surface area (Å²) < 4.78 is 2.35. The molecule has 0 radical (unpaired) electrons. The van der Waals surface area contributed by atoms with E-state index in [-0.39, 0.29) is 16.2 Å². The monoisotopic (exact) mass is 760 g/mol. The zero-order valence-corrected chi connectivity index (χ0v) is 34.3. The lowest BCUT2D eigenvalue weighted by Gasteiger charge is -2.44. The zero-order chi connectivity index (χ0) is 40.1. The van der Waals surface area contributed by atoms with Gasteiger partial charge in [0.1, 0.15) is 0 Å². The molecular weight excluding hydrogens is 717 g/mol. The van der Waals surface area contributed by atoms with Crippen LogP contribution in [0.25, 0.3) is 72.8 Å². The first-order chi connectivity index (χ1) is 28.5. The molecule has 0 amide bonds. The Morgan fingerprint density at radius 3 is 1.29 bits per heavy atom. The first kappa shape index (κ1) is 34.4. The van der Waals surface area contributed by atoms with Gasteiger partial charge in [0.05, 0.1) is 16.4 Å². The molecule has 7 aromatic carbocycles. The molecule has 1 spiro atoms. The lowest BCUT2D eigenvalue weighted by Crippen LogP contribution is -2.42. The first-order valence-electron chi connectivity index (χ1n) is 20.9. The first-order valence-corrected chi connectivity index (χ1v) is 20.9. The molecule has 12 rings (SSSR count). The minimum atomic E-state index is -0.478. The van der Waals surface area contributed by atoms with Crippen LogP contribution < -0.4 is 0 Å². The topological polar surface area (TPSA) is 43.6 Å². The molecule has 0 saturated carbocycles. The molecule has 0 bridgehead atoms. The predicted molar refractivity (Wildman–Crippen MR) is 241 cm³/mol. The molecule has 0 N–H and O–H groups in total. The average Bonchev–Trinajstić information content (AvgIpc) is 3.88. The maximum atomic E-state index is 5.39. The second kappa shape index (κ2) is 11.5. The van der Waals surface area contributed by atoms with E-state index in [0.717, 1.165) is 22.2 Å². The van der Waals surface area contributed by atoms with Crippen LogP contribution in [0.1, 0.15) is 74.9 Å². The van der Waals surface area contributed by atoms with Crippen molar-refractivity contribution >= 4 is 21.8 Å². The van der Waals surface area contributed by atoms with Crippen molar-refractivity contribution in [3.8, 4) is 51.0 Å². The van der Waals surface area contributed by atoms with Gasteiger partial charge in [-0.3, -0.25) is 4.57 Å². The van der Waals surface area contributed by atoms with Gasteiger partial charge in [0.2, 0.25) is 5.95 Å². The van der Waals surface area contributed by atoms with Crippen LogP contribution in [0.3, 0.4) is 0 Å². The van der Waals surface area contributed by atoms with Crippen molar-refractivity contribution in [1.29, 1.82) is 0 Å². The van der Waals surface area contributed by atoms with Gasteiger partial charge in [0.15, 0.2) is 11.6 Å². The van der Waals surface area contributed by atoms with Crippen LogP contribution in [-0.4, -0.2) is 19.5 Å². The van der Waals surface area contributed by atoms with E-state index in [1.807, 2.05) is 36.4 Å². The van der Waals surface area contributed by atoms with E-state index in [1.165, 1.54) is 66.4 Å². The van der Waals surface area contributed by atoms with E-state index in [4.69, 9.17) is 15.0 Å². The van der Waals surface area contributed by atoms with E-state index in [1.54, 1.807) is 0 Å². The summed E-state index contributed by atoms with van der Waals surface area (Å²) in [5, 5.41) is 2.42. The fourth-order valence-corrected chi connectivity index (χ4v) is 11.2. The Kier molecular flexibility index (Phi) is 6.71. The van der Waals surface area contributed by atoms with Crippen molar-refractivity contribution in [2.45, 2.75) is 57.8 Å². The van der Waals surface area contributed by atoms with Gasteiger partial charge in [-0.25, -0.2) is 4.98 Å². The second-order valence-electron chi connectivity index (χ2n) is 18.4. The minimum absolute atomic E-state index is 0.00567. The molecule has 0 atom stereocenters.